The van der Waals surface area contributed by atoms with Gasteiger partial charge in [0.25, 0.3) is 0 Å². The largest absolute Gasteiger partial charge is 0.496 e. The molecule has 0 aliphatic heterocycles. The molecule has 24 heavy (non-hydrogen) atoms. The molecule has 6 nitrogen and oxygen atoms in total. The van der Waals surface area contributed by atoms with Crippen molar-refractivity contribution in [3.8, 4) is 5.75 Å². The molecular formula is C17H23BrN4O2. The minimum atomic E-state index is 0.493. The van der Waals surface area contributed by atoms with Crippen LogP contribution in [0.25, 0.3) is 0 Å². The van der Waals surface area contributed by atoms with Gasteiger partial charge in [-0.15, -0.1) is 0 Å². The predicted molar refractivity (Wildman–Crippen MR) is 98.3 cm³/mol. The van der Waals surface area contributed by atoms with Crippen LogP contribution in [0.4, 0.5) is 0 Å². The highest BCUT2D eigenvalue weighted by molar-refractivity contribution is 9.10. The van der Waals surface area contributed by atoms with E-state index in [-0.39, 0.29) is 0 Å². The summed E-state index contributed by atoms with van der Waals surface area (Å²) in [5, 5.41) is 6.45. The molecule has 2 N–H and O–H groups in total. The van der Waals surface area contributed by atoms with E-state index in [1.165, 1.54) is 0 Å². The molecule has 130 valence electrons. The number of guanidine groups is 1. The van der Waals surface area contributed by atoms with Crippen molar-refractivity contribution in [3.05, 3.63) is 45.6 Å². The maximum absolute atomic E-state index is 5.57. The lowest BCUT2D eigenvalue weighted by atomic mass is 10.2. The highest BCUT2D eigenvalue weighted by atomic mass is 79.9. The Hall–Kier alpha value is -2.02. The molecule has 0 aliphatic carbocycles. The van der Waals surface area contributed by atoms with Gasteiger partial charge in [0.05, 0.1) is 30.4 Å². The van der Waals surface area contributed by atoms with Crippen molar-refractivity contribution in [2.24, 2.45) is 4.99 Å². The predicted octanol–water partition coefficient (Wildman–Crippen LogP) is 3.32. The summed E-state index contributed by atoms with van der Waals surface area (Å²) in [6.45, 7) is 7.70. The summed E-state index contributed by atoms with van der Waals surface area (Å²) >= 11 is 3.49. The summed E-state index contributed by atoms with van der Waals surface area (Å²) in [4.78, 5) is 8.95. The van der Waals surface area contributed by atoms with Crippen molar-refractivity contribution in [1.29, 1.82) is 0 Å². The number of oxazole rings is 1. The molecule has 0 spiro atoms. The van der Waals surface area contributed by atoms with E-state index in [4.69, 9.17) is 9.15 Å². The number of aromatic nitrogens is 1. The molecular weight excluding hydrogens is 372 g/mol. The monoisotopic (exact) mass is 394 g/mol. The normalized spacial score (nSPS) is 11.5. The molecule has 1 aromatic heterocycles. The summed E-state index contributed by atoms with van der Waals surface area (Å²) < 4.78 is 11.7. The first kappa shape index (κ1) is 18.3. The Bertz CT molecular complexity index is 693. The minimum Gasteiger partial charge on any atom is -0.496 e. The van der Waals surface area contributed by atoms with E-state index >= 15 is 0 Å². The number of aryl methyl sites for hydroxylation is 2. The van der Waals surface area contributed by atoms with E-state index in [1.54, 1.807) is 7.11 Å². The molecule has 0 unspecified atom stereocenters. The van der Waals surface area contributed by atoms with Crippen LogP contribution in [0.5, 0.6) is 5.75 Å². The Balaban J connectivity index is 2.00. The number of halogens is 1. The molecule has 2 aromatic rings. The topological polar surface area (TPSA) is 71.7 Å². The fourth-order valence-corrected chi connectivity index (χ4v) is 2.68. The Morgan fingerprint density at radius 3 is 2.71 bits per heavy atom. The Kier molecular flexibility index (Phi) is 6.66. The lowest BCUT2D eigenvalue weighted by molar-refractivity contribution is 0.412. The molecule has 1 heterocycles. The lowest BCUT2D eigenvalue weighted by Gasteiger charge is -2.10. The van der Waals surface area contributed by atoms with E-state index < -0.39 is 0 Å². The number of hydrogen-bond acceptors (Lipinski definition) is 4. The quantitative estimate of drug-likeness (QED) is 0.580. The smallest absolute Gasteiger partial charge is 0.214 e. The SMILES string of the molecule is CCNC(=NCc1ccc(OC)c(Br)c1)NCc1nc(C)c(C)o1. The number of nitrogens with one attached hydrogen (secondary N) is 2. The highest BCUT2D eigenvalue weighted by Crippen LogP contribution is 2.25. The van der Waals surface area contributed by atoms with E-state index in [0.29, 0.717) is 19.0 Å². The molecule has 0 saturated heterocycles. The summed E-state index contributed by atoms with van der Waals surface area (Å²) in [5.41, 5.74) is 2.00. The molecule has 0 amide bonds. The van der Waals surface area contributed by atoms with Gasteiger partial charge in [-0.25, -0.2) is 9.98 Å². The lowest BCUT2D eigenvalue weighted by Crippen LogP contribution is -2.36. The third kappa shape index (κ3) is 4.99. The molecule has 0 fully saturated rings. The fourth-order valence-electron chi connectivity index (χ4n) is 2.09. The second-order valence-electron chi connectivity index (χ2n) is 5.27. The molecule has 0 aliphatic rings. The zero-order valence-corrected chi connectivity index (χ0v) is 16.0. The Labute approximate surface area is 150 Å². The third-order valence-electron chi connectivity index (χ3n) is 3.46. The van der Waals surface area contributed by atoms with E-state index in [1.807, 2.05) is 39.0 Å². The van der Waals surface area contributed by atoms with Crippen LogP contribution >= 0.6 is 15.9 Å². The molecule has 2 rings (SSSR count). The number of rotatable bonds is 6. The van der Waals surface area contributed by atoms with Crippen LogP contribution in [0.15, 0.2) is 32.1 Å². The maximum Gasteiger partial charge on any atom is 0.214 e. The average molecular weight is 395 g/mol. The van der Waals surface area contributed by atoms with Crippen LogP contribution in [0.1, 0.15) is 29.8 Å². The first-order valence-corrected chi connectivity index (χ1v) is 8.60. The van der Waals surface area contributed by atoms with Crippen LogP contribution < -0.4 is 15.4 Å². The number of hydrogen-bond donors (Lipinski definition) is 2. The van der Waals surface area contributed by atoms with Gasteiger partial charge in [0.1, 0.15) is 11.5 Å². The van der Waals surface area contributed by atoms with Crippen molar-refractivity contribution in [1.82, 2.24) is 15.6 Å². The number of methoxy groups -OCH3 is 1. The zero-order chi connectivity index (χ0) is 17.5. The van der Waals surface area contributed by atoms with Gasteiger partial charge in [0.2, 0.25) is 5.89 Å². The van der Waals surface area contributed by atoms with E-state index in [2.05, 4.69) is 36.5 Å². The minimum absolute atomic E-state index is 0.493. The first-order chi connectivity index (χ1) is 11.5. The van der Waals surface area contributed by atoms with Gasteiger partial charge in [0.15, 0.2) is 5.96 Å². The van der Waals surface area contributed by atoms with Crippen molar-refractivity contribution in [2.75, 3.05) is 13.7 Å². The standard InChI is InChI=1S/C17H23BrN4O2/c1-5-19-17(21-10-16-22-11(2)12(3)24-16)20-9-13-6-7-15(23-4)14(18)8-13/h6-8H,5,9-10H2,1-4H3,(H2,19,20,21). The van der Waals surface area contributed by atoms with Gasteiger partial charge < -0.3 is 19.8 Å². The highest BCUT2D eigenvalue weighted by Gasteiger charge is 2.07. The van der Waals surface area contributed by atoms with Gasteiger partial charge in [-0.2, -0.15) is 0 Å². The Morgan fingerprint density at radius 2 is 2.12 bits per heavy atom. The first-order valence-electron chi connectivity index (χ1n) is 7.81. The Morgan fingerprint density at radius 1 is 1.33 bits per heavy atom. The fraction of sp³-hybridized carbons (Fsp3) is 0.412. The third-order valence-corrected chi connectivity index (χ3v) is 4.08. The van der Waals surface area contributed by atoms with Crippen LogP contribution in [0.3, 0.4) is 0 Å². The van der Waals surface area contributed by atoms with E-state index in [0.717, 1.165) is 39.7 Å². The molecule has 0 radical (unpaired) electrons. The van der Waals surface area contributed by atoms with Gasteiger partial charge in [-0.3, -0.25) is 0 Å². The maximum atomic E-state index is 5.57. The average Bonchev–Trinajstić information content (AvgIpc) is 2.88. The molecule has 1 aromatic carbocycles. The summed E-state index contributed by atoms with van der Waals surface area (Å²) in [6, 6.07) is 5.93. The molecule has 7 heteroatoms. The van der Waals surface area contributed by atoms with Crippen molar-refractivity contribution < 1.29 is 9.15 Å². The second-order valence-corrected chi connectivity index (χ2v) is 6.12. The summed E-state index contributed by atoms with van der Waals surface area (Å²) in [5.74, 6) is 3.03. The van der Waals surface area contributed by atoms with Gasteiger partial charge >= 0.3 is 0 Å². The van der Waals surface area contributed by atoms with Crippen molar-refractivity contribution in [3.63, 3.8) is 0 Å². The van der Waals surface area contributed by atoms with Gasteiger partial charge in [0, 0.05) is 6.54 Å². The van der Waals surface area contributed by atoms with Gasteiger partial charge in [-0.05, 0) is 54.4 Å². The van der Waals surface area contributed by atoms with Crippen LogP contribution in [-0.2, 0) is 13.1 Å². The summed E-state index contributed by atoms with van der Waals surface area (Å²) in [6.07, 6.45) is 0. The molecule has 0 atom stereocenters. The number of nitrogens with zero attached hydrogens (tertiary/aromatic N) is 2. The molecule has 0 saturated carbocycles. The van der Waals surface area contributed by atoms with E-state index in [9.17, 15) is 0 Å². The van der Waals surface area contributed by atoms with Crippen LogP contribution in [0.2, 0.25) is 0 Å². The van der Waals surface area contributed by atoms with Gasteiger partial charge in [-0.1, -0.05) is 6.07 Å². The number of benzene rings is 1. The second kappa shape index (κ2) is 8.73. The van der Waals surface area contributed by atoms with Crippen molar-refractivity contribution >= 4 is 21.9 Å². The van der Waals surface area contributed by atoms with Crippen LogP contribution in [-0.4, -0.2) is 24.6 Å². The van der Waals surface area contributed by atoms with Crippen LogP contribution in [0, 0.1) is 13.8 Å². The van der Waals surface area contributed by atoms with Crippen molar-refractivity contribution in [2.45, 2.75) is 33.9 Å². The zero-order valence-electron chi connectivity index (χ0n) is 14.4. The summed E-state index contributed by atoms with van der Waals surface area (Å²) in [7, 11) is 1.65. The molecule has 0 bridgehead atoms. The number of aliphatic imine (C=N–C) groups is 1. The number of ether oxygens (including phenoxy) is 1.